The molecule has 0 saturated carbocycles. The number of ketones is 1. The van der Waals surface area contributed by atoms with E-state index >= 15 is 0 Å². The van der Waals surface area contributed by atoms with Crippen LogP contribution in [0.2, 0.25) is 0 Å². The van der Waals surface area contributed by atoms with Crippen LogP contribution in [0.25, 0.3) is 0 Å². The van der Waals surface area contributed by atoms with Gasteiger partial charge in [0.25, 0.3) is 0 Å². The molecule has 6 heteroatoms. The van der Waals surface area contributed by atoms with Gasteiger partial charge in [0.15, 0.2) is 10.9 Å². The summed E-state index contributed by atoms with van der Waals surface area (Å²) >= 11 is 1.32. The van der Waals surface area contributed by atoms with Gasteiger partial charge in [-0.3, -0.25) is 9.36 Å². The Labute approximate surface area is 134 Å². The molecule has 0 aliphatic rings. The van der Waals surface area contributed by atoms with Crippen molar-refractivity contribution in [2.45, 2.75) is 51.1 Å². The zero-order chi connectivity index (χ0) is 16.3. The van der Waals surface area contributed by atoms with Gasteiger partial charge in [0, 0.05) is 12.1 Å². The topological polar surface area (TPSA) is 67.8 Å². The molecule has 2 rings (SSSR count). The number of carbonyl (C=O) groups is 1. The second-order valence-corrected chi connectivity index (χ2v) is 6.69. The number of thioether (sulfide) groups is 1. The number of aromatic amines is 1. The molecule has 0 spiro atoms. The Bertz CT molecular complexity index is 733. The van der Waals surface area contributed by atoms with Crippen LogP contribution in [0, 0.1) is 13.8 Å². The van der Waals surface area contributed by atoms with Crippen LogP contribution in [0.4, 0.5) is 0 Å². The number of nitrogens with one attached hydrogen (secondary N) is 1. The third-order valence-corrected chi connectivity index (χ3v) is 4.70. The summed E-state index contributed by atoms with van der Waals surface area (Å²) in [6.07, 6.45) is 0.840. The third kappa shape index (κ3) is 3.50. The first-order valence-electron chi connectivity index (χ1n) is 7.37. The maximum absolute atomic E-state index is 12.5. The van der Waals surface area contributed by atoms with Gasteiger partial charge < -0.3 is 0 Å². The lowest BCUT2D eigenvalue weighted by atomic mass is 10.0. The predicted molar refractivity (Wildman–Crippen MR) is 88.7 cm³/mol. The van der Waals surface area contributed by atoms with Gasteiger partial charge in [-0.25, -0.2) is 9.89 Å². The van der Waals surface area contributed by atoms with Crippen molar-refractivity contribution in [3.63, 3.8) is 0 Å². The minimum atomic E-state index is -0.298. The molecule has 0 saturated heterocycles. The number of Topliss-reactive ketones (excluding diaryl/α,β-unsaturated/α-hetero) is 1. The highest BCUT2D eigenvalue weighted by Crippen LogP contribution is 2.24. The van der Waals surface area contributed by atoms with Crippen molar-refractivity contribution in [2.24, 2.45) is 0 Å². The standard InChI is InChI=1S/C16H21N3O2S/c1-5-8-19-15(21)17-18-16(19)22-12(4)14(20)13-7-6-10(2)11(3)9-13/h6-7,9,12H,5,8H2,1-4H3,(H,17,21). The Morgan fingerprint density at radius 3 is 2.73 bits per heavy atom. The van der Waals surface area contributed by atoms with Crippen molar-refractivity contribution in [2.75, 3.05) is 0 Å². The maximum Gasteiger partial charge on any atom is 0.343 e. The molecule has 1 atom stereocenters. The van der Waals surface area contributed by atoms with Crippen molar-refractivity contribution < 1.29 is 4.79 Å². The molecule has 22 heavy (non-hydrogen) atoms. The molecule has 118 valence electrons. The number of rotatable bonds is 6. The second kappa shape index (κ2) is 6.96. The monoisotopic (exact) mass is 319 g/mol. The number of benzene rings is 1. The molecule has 1 heterocycles. The number of hydrogen-bond acceptors (Lipinski definition) is 4. The Morgan fingerprint density at radius 2 is 2.09 bits per heavy atom. The molecule has 1 aromatic heterocycles. The van der Waals surface area contributed by atoms with E-state index in [2.05, 4.69) is 10.2 Å². The Morgan fingerprint density at radius 1 is 1.36 bits per heavy atom. The molecule has 5 nitrogen and oxygen atoms in total. The van der Waals surface area contributed by atoms with Gasteiger partial charge in [-0.2, -0.15) is 0 Å². The molecule has 0 amide bonds. The molecule has 0 fully saturated rings. The minimum Gasteiger partial charge on any atom is -0.293 e. The molecule has 1 unspecified atom stereocenters. The largest absolute Gasteiger partial charge is 0.343 e. The number of aromatic nitrogens is 3. The van der Waals surface area contributed by atoms with E-state index in [9.17, 15) is 9.59 Å². The van der Waals surface area contributed by atoms with Crippen LogP contribution in [0.5, 0.6) is 0 Å². The van der Waals surface area contributed by atoms with Crippen LogP contribution in [0.15, 0.2) is 28.2 Å². The molecule has 0 aliphatic heterocycles. The lowest BCUT2D eigenvalue weighted by Crippen LogP contribution is -2.19. The van der Waals surface area contributed by atoms with Gasteiger partial charge in [-0.05, 0) is 44.4 Å². The fourth-order valence-electron chi connectivity index (χ4n) is 2.16. The lowest BCUT2D eigenvalue weighted by Gasteiger charge is -2.11. The Hall–Kier alpha value is -1.82. The maximum atomic E-state index is 12.5. The van der Waals surface area contributed by atoms with Crippen LogP contribution < -0.4 is 5.69 Å². The van der Waals surface area contributed by atoms with Gasteiger partial charge in [-0.15, -0.1) is 5.10 Å². The van der Waals surface area contributed by atoms with E-state index in [1.165, 1.54) is 17.3 Å². The van der Waals surface area contributed by atoms with E-state index in [4.69, 9.17) is 0 Å². The highest BCUT2D eigenvalue weighted by molar-refractivity contribution is 8.00. The third-order valence-electron chi connectivity index (χ3n) is 3.61. The molecule has 1 aromatic carbocycles. The molecule has 1 N–H and O–H groups in total. The van der Waals surface area contributed by atoms with E-state index in [0.717, 1.165) is 12.0 Å². The molecule has 0 aliphatic carbocycles. The predicted octanol–water partition coefficient (Wildman–Crippen LogP) is 2.96. The first-order chi connectivity index (χ1) is 10.4. The summed E-state index contributed by atoms with van der Waals surface area (Å²) < 4.78 is 1.58. The number of carbonyl (C=O) groups excluding carboxylic acids is 1. The van der Waals surface area contributed by atoms with E-state index < -0.39 is 0 Å². The van der Waals surface area contributed by atoms with Crippen molar-refractivity contribution in [1.82, 2.24) is 14.8 Å². The van der Waals surface area contributed by atoms with Crippen molar-refractivity contribution in [3.8, 4) is 0 Å². The lowest BCUT2D eigenvalue weighted by molar-refractivity contribution is 0.0993. The summed E-state index contributed by atoms with van der Waals surface area (Å²) in [5.74, 6) is 0.0478. The SMILES string of the molecule is CCCn1c(SC(C)C(=O)c2ccc(C)c(C)c2)n[nH]c1=O. The average Bonchev–Trinajstić information content (AvgIpc) is 2.82. The summed E-state index contributed by atoms with van der Waals surface area (Å²) in [5, 5.41) is 6.73. The molecule has 0 bridgehead atoms. The molecule has 2 aromatic rings. The summed E-state index contributed by atoms with van der Waals surface area (Å²) in [4.78, 5) is 24.2. The van der Waals surface area contributed by atoms with Crippen molar-refractivity contribution in [3.05, 3.63) is 45.4 Å². The van der Waals surface area contributed by atoms with Crippen molar-refractivity contribution >= 4 is 17.5 Å². The second-order valence-electron chi connectivity index (χ2n) is 5.39. The van der Waals surface area contributed by atoms with Gasteiger partial charge in [0.2, 0.25) is 0 Å². The van der Waals surface area contributed by atoms with Gasteiger partial charge in [-0.1, -0.05) is 30.8 Å². The molecular formula is C16H21N3O2S. The van der Waals surface area contributed by atoms with E-state index in [1.54, 1.807) is 4.57 Å². The molecule has 0 radical (unpaired) electrons. The zero-order valence-electron chi connectivity index (χ0n) is 13.3. The van der Waals surface area contributed by atoms with Crippen LogP contribution in [-0.4, -0.2) is 25.8 Å². The smallest absolute Gasteiger partial charge is 0.293 e. The number of aryl methyl sites for hydroxylation is 2. The normalized spacial score (nSPS) is 12.4. The highest BCUT2D eigenvalue weighted by Gasteiger charge is 2.20. The number of H-pyrrole nitrogens is 1. The summed E-state index contributed by atoms with van der Waals surface area (Å²) in [6, 6.07) is 5.73. The van der Waals surface area contributed by atoms with E-state index in [-0.39, 0.29) is 16.7 Å². The van der Waals surface area contributed by atoms with Crippen LogP contribution >= 0.6 is 11.8 Å². The highest BCUT2D eigenvalue weighted by atomic mass is 32.2. The average molecular weight is 319 g/mol. The first-order valence-corrected chi connectivity index (χ1v) is 8.25. The van der Waals surface area contributed by atoms with Gasteiger partial charge in [0.1, 0.15) is 0 Å². The zero-order valence-corrected chi connectivity index (χ0v) is 14.2. The summed E-state index contributed by atoms with van der Waals surface area (Å²) in [6.45, 7) is 8.46. The quantitative estimate of drug-likeness (QED) is 0.656. The van der Waals surface area contributed by atoms with E-state index in [0.29, 0.717) is 17.3 Å². The minimum absolute atomic E-state index is 0.0478. The summed E-state index contributed by atoms with van der Waals surface area (Å²) in [5.41, 5.74) is 2.74. The Balaban J connectivity index is 2.18. The van der Waals surface area contributed by atoms with Gasteiger partial charge in [0.05, 0.1) is 5.25 Å². The first kappa shape index (κ1) is 16.5. The molecular weight excluding hydrogens is 298 g/mol. The van der Waals surface area contributed by atoms with Crippen LogP contribution in [0.1, 0.15) is 41.8 Å². The number of nitrogens with zero attached hydrogens (tertiary/aromatic N) is 2. The Kier molecular flexibility index (Phi) is 5.24. The van der Waals surface area contributed by atoms with Crippen LogP contribution in [-0.2, 0) is 6.54 Å². The number of hydrogen-bond donors (Lipinski definition) is 1. The van der Waals surface area contributed by atoms with Gasteiger partial charge >= 0.3 is 5.69 Å². The van der Waals surface area contributed by atoms with Crippen molar-refractivity contribution in [1.29, 1.82) is 0 Å². The fraction of sp³-hybridized carbons (Fsp3) is 0.438. The van der Waals surface area contributed by atoms with Crippen LogP contribution in [0.3, 0.4) is 0 Å². The summed E-state index contributed by atoms with van der Waals surface area (Å²) in [7, 11) is 0. The van der Waals surface area contributed by atoms with E-state index in [1.807, 2.05) is 45.9 Å². The fourth-order valence-corrected chi connectivity index (χ4v) is 3.11.